The van der Waals surface area contributed by atoms with Crippen LogP contribution in [-0.4, -0.2) is 6.71 Å². The number of anilines is 3. The Kier molecular flexibility index (Phi) is 4.88. The first-order chi connectivity index (χ1) is 20.7. The lowest BCUT2D eigenvalue weighted by Crippen LogP contribution is -2.57. The van der Waals surface area contributed by atoms with Gasteiger partial charge in [-0.2, -0.15) is 0 Å². The molecular formula is C37H24BNO3. The third-order valence-corrected chi connectivity index (χ3v) is 8.45. The van der Waals surface area contributed by atoms with Gasteiger partial charge in [0, 0.05) is 39.4 Å². The van der Waals surface area contributed by atoms with E-state index in [-0.39, 0.29) is 6.71 Å². The third kappa shape index (κ3) is 3.43. The molecule has 7 aromatic rings. The maximum absolute atomic E-state index is 6.60. The van der Waals surface area contributed by atoms with Crippen molar-refractivity contribution in [2.45, 2.75) is 6.92 Å². The zero-order valence-corrected chi connectivity index (χ0v) is 22.9. The summed E-state index contributed by atoms with van der Waals surface area (Å²) in [6.45, 7) is 2.12. The second kappa shape index (κ2) is 8.79. The highest BCUT2D eigenvalue weighted by atomic mass is 16.5. The van der Waals surface area contributed by atoms with Gasteiger partial charge in [0.05, 0.1) is 0 Å². The van der Waals surface area contributed by atoms with Crippen molar-refractivity contribution in [2.75, 3.05) is 4.90 Å². The van der Waals surface area contributed by atoms with E-state index in [1.54, 1.807) is 0 Å². The van der Waals surface area contributed by atoms with Crippen LogP contribution in [0.5, 0.6) is 23.0 Å². The predicted molar refractivity (Wildman–Crippen MR) is 171 cm³/mol. The molecule has 0 atom stereocenters. The minimum absolute atomic E-state index is 0.00758. The fraction of sp³-hybridized carbons (Fsp3) is 0.0270. The third-order valence-electron chi connectivity index (χ3n) is 8.45. The lowest BCUT2D eigenvalue weighted by atomic mass is 9.35. The van der Waals surface area contributed by atoms with E-state index in [1.807, 2.05) is 36.4 Å². The molecule has 2 aliphatic rings. The molecular weight excluding hydrogens is 517 g/mol. The molecule has 0 N–H and O–H groups in total. The van der Waals surface area contributed by atoms with E-state index in [4.69, 9.17) is 13.9 Å². The molecule has 0 fully saturated rings. The Balaban J connectivity index is 1.22. The summed E-state index contributed by atoms with van der Waals surface area (Å²) in [6, 6.07) is 44.1. The minimum Gasteiger partial charge on any atom is -0.458 e. The first-order valence-corrected chi connectivity index (χ1v) is 14.2. The van der Waals surface area contributed by atoms with Crippen molar-refractivity contribution in [3.63, 3.8) is 0 Å². The van der Waals surface area contributed by atoms with Gasteiger partial charge >= 0.3 is 0 Å². The summed E-state index contributed by atoms with van der Waals surface area (Å²) in [6.07, 6.45) is 0. The Morgan fingerprint density at radius 1 is 0.500 bits per heavy atom. The first kappa shape index (κ1) is 23.3. The zero-order valence-electron chi connectivity index (χ0n) is 22.9. The van der Waals surface area contributed by atoms with E-state index >= 15 is 0 Å². The van der Waals surface area contributed by atoms with Crippen LogP contribution in [0.1, 0.15) is 5.56 Å². The maximum atomic E-state index is 6.60. The van der Waals surface area contributed by atoms with E-state index in [2.05, 4.69) is 103 Å². The Hall–Kier alpha value is -5.42. The van der Waals surface area contributed by atoms with Gasteiger partial charge in [-0.1, -0.05) is 60.2 Å². The Morgan fingerprint density at radius 3 is 2.00 bits per heavy atom. The van der Waals surface area contributed by atoms with Crippen molar-refractivity contribution in [1.29, 1.82) is 0 Å². The molecule has 5 heteroatoms. The predicted octanol–water partition coefficient (Wildman–Crippen LogP) is 8.09. The molecule has 9 rings (SSSR count). The summed E-state index contributed by atoms with van der Waals surface area (Å²) in [7, 11) is 0. The Bertz CT molecular complexity index is 2170. The molecule has 0 amide bonds. The van der Waals surface area contributed by atoms with Gasteiger partial charge in [-0.25, -0.2) is 0 Å². The molecule has 6 aromatic carbocycles. The first-order valence-electron chi connectivity index (χ1n) is 14.2. The van der Waals surface area contributed by atoms with Gasteiger partial charge in [0.15, 0.2) is 0 Å². The molecule has 42 heavy (non-hydrogen) atoms. The summed E-state index contributed by atoms with van der Waals surface area (Å²) in [5.74, 6) is 3.41. The summed E-state index contributed by atoms with van der Waals surface area (Å²) in [4.78, 5) is 2.26. The lowest BCUT2D eigenvalue weighted by molar-refractivity contribution is 0.465. The number of fused-ring (bicyclic) bond motifs is 7. The molecule has 4 nitrogen and oxygen atoms in total. The molecule has 3 heterocycles. The highest BCUT2D eigenvalue weighted by Crippen LogP contribution is 2.41. The summed E-state index contributed by atoms with van der Waals surface area (Å²) >= 11 is 0. The molecule has 2 aliphatic heterocycles. The summed E-state index contributed by atoms with van der Waals surface area (Å²) in [5.41, 5.74) is 9.42. The molecule has 1 aromatic heterocycles. The molecule has 0 aliphatic carbocycles. The van der Waals surface area contributed by atoms with Gasteiger partial charge in [0.25, 0.3) is 6.71 Å². The highest BCUT2D eigenvalue weighted by Gasteiger charge is 2.40. The summed E-state index contributed by atoms with van der Waals surface area (Å²) in [5, 5.41) is 2.10. The monoisotopic (exact) mass is 541 g/mol. The van der Waals surface area contributed by atoms with Crippen molar-refractivity contribution in [2.24, 2.45) is 0 Å². The number of furan rings is 1. The number of rotatable bonds is 3. The second-order valence-corrected chi connectivity index (χ2v) is 11.0. The Labute approximate surface area is 243 Å². The van der Waals surface area contributed by atoms with Gasteiger partial charge in [-0.05, 0) is 84.6 Å². The molecule has 0 spiro atoms. The summed E-state index contributed by atoms with van der Waals surface area (Å²) < 4.78 is 19.4. The quantitative estimate of drug-likeness (QED) is 0.212. The van der Waals surface area contributed by atoms with Crippen molar-refractivity contribution in [3.8, 4) is 23.0 Å². The van der Waals surface area contributed by atoms with Crippen LogP contribution in [0, 0.1) is 6.92 Å². The molecule has 0 bridgehead atoms. The fourth-order valence-electron chi connectivity index (χ4n) is 6.49. The van der Waals surface area contributed by atoms with Gasteiger partial charge in [0.2, 0.25) is 0 Å². The number of hydrogen-bond donors (Lipinski definition) is 0. The van der Waals surface area contributed by atoms with E-state index in [0.29, 0.717) is 0 Å². The van der Waals surface area contributed by atoms with E-state index < -0.39 is 0 Å². The van der Waals surface area contributed by atoms with Crippen LogP contribution in [-0.2, 0) is 0 Å². The van der Waals surface area contributed by atoms with Crippen molar-refractivity contribution >= 4 is 62.1 Å². The standard InChI is InChI=1S/C37H24BNO3/c1-23-14-16-25(17-15-23)39(24-8-3-2-4-9-24)26-18-19-27-28-21-36-30(22-35(28)42-34(27)20-26)38-29-10-5-6-11-31(29)40-32-12-7-13-33(41-36)37(32)38/h2-22H,1H3. The van der Waals surface area contributed by atoms with Crippen molar-refractivity contribution in [1.82, 2.24) is 0 Å². The van der Waals surface area contributed by atoms with E-state index in [0.717, 1.165) is 78.4 Å². The molecule has 0 saturated carbocycles. The van der Waals surface area contributed by atoms with Crippen LogP contribution in [0.4, 0.5) is 17.1 Å². The van der Waals surface area contributed by atoms with Crippen LogP contribution in [0.15, 0.2) is 132 Å². The topological polar surface area (TPSA) is 34.8 Å². The number of aryl methyl sites for hydroxylation is 1. The van der Waals surface area contributed by atoms with E-state index in [9.17, 15) is 0 Å². The molecule has 198 valence electrons. The van der Waals surface area contributed by atoms with Crippen molar-refractivity contribution < 1.29 is 13.9 Å². The smallest absolute Gasteiger partial charge is 0.260 e. The average molecular weight is 541 g/mol. The number of ether oxygens (including phenoxy) is 2. The number of nitrogens with zero attached hydrogens (tertiary/aromatic N) is 1. The van der Waals surface area contributed by atoms with Gasteiger partial charge in [0.1, 0.15) is 34.2 Å². The Morgan fingerprint density at radius 2 is 1.17 bits per heavy atom. The van der Waals surface area contributed by atoms with Crippen LogP contribution in [0.2, 0.25) is 0 Å². The van der Waals surface area contributed by atoms with E-state index in [1.165, 1.54) is 5.56 Å². The van der Waals surface area contributed by atoms with Crippen LogP contribution < -0.4 is 30.8 Å². The normalized spacial score (nSPS) is 12.7. The van der Waals surface area contributed by atoms with Crippen LogP contribution in [0.3, 0.4) is 0 Å². The number of para-hydroxylation sites is 2. The SMILES string of the molecule is Cc1ccc(N(c2ccccc2)c2ccc3c(c2)oc2cc4c(cc23)Oc2cccc3c2B4c2ccccc2O3)cc1. The lowest BCUT2D eigenvalue weighted by Gasteiger charge is -2.32. The molecule has 0 saturated heterocycles. The minimum atomic E-state index is 0.00758. The number of hydrogen-bond acceptors (Lipinski definition) is 4. The van der Waals surface area contributed by atoms with Gasteiger partial charge < -0.3 is 18.8 Å². The zero-order chi connectivity index (χ0) is 27.8. The van der Waals surface area contributed by atoms with Crippen molar-refractivity contribution in [3.05, 3.63) is 133 Å². The maximum Gasteiger partial charge on any atom is 0.260 e. The second-order valence-electron chi connectivity index (χ2n) is 11.0. The van der Waals surface area contributed by atoms with Crippen LogP contribution in [0.25, 0.3) is 21.9 Å². The van der Waals surface area contributed by atoms with Gasteiger partial charge in [-0.3, -0.25) is 0 Å². The largest absolute Gasteiger partial charge is 0.458 e. The number of benzene rings is 6. The average Bonchev–Trinajstić information content (AvgIpc) is 3.38. The van der Waals surface area contributed by atoms with Crippen LogP contribution >= 0.6 is 0 Å². The van der Waals surface area contributed by atoms with Gasteiger partial charge in [-0.15, -0.1) is 0 Å². The molecule has 0 unspecified atom stereocenters. The molecule has 0 radical (unpaired) electrons. The fourth-order valence-corrected chi connectivity index (χ4v) is 6.49. The highest BCUT2D eigenvalue weighted by molar-refractivity contribution is 6.98.